The maximum Gasteiger partial charge on any atom is 0.138 e. The molecule has 0 saturated heterocycles. The monoisotopic (exact) mass is 323 g/mol. The normalized spacial score (nSPS) is 11.1. The summed E-state index contributed by atoms with van der Waals surface area (Å²) in [6.45, 7) is 7.82. The van der Waals surface area contributed by atoms with Crippen LogP contribution < -0.4 is 10.1 Å². The second kappa shape index (κ2) is 7.83. The van der Waals surface area contributed by atoms with Crippen molar-refractivity contribution in [1.29, 1.82) is 0 Å². The van der Waals surface area contributed by atoms with E-state index in [9.17, 15) is 0 Å². The summed E-state index contributed by atoms with van der Waals surface area (Å²) in [5.41, 5.74) is 1.17. The topological polar surface area (TPSA) is 21.3 Å². The van der Waals surface area contributed by atoms with Gasteiger partial charge >= 0.3 is 0 Å². The van der Waals surface area contributed by atoms with Gasteiger partial charge in [-0.05, 0) is 36.2 Å². The molecule has 0 saturated carbocycles. The van der Waals surface area contributed by atoms with Gasteiger partial charge in [-0.3, -0.25) is 0 Å². The second-order valence-corrected chi connectivity index (χ2v) is 6.97. The minimum atomic E-state index is 0.464. The first-order valence-electron chi connectivity index (χ1n) is 7.30. The van der Waals surface area contributed by atoms with Gasteiger partial charge in [0, 0.05) is 22.3 Å². The van der Waals surface area contributed by atoms with E-state index in [0.29, 0.717) is 17.7 Å². The van der Waals surface area contributed by atoms with Gasteiger partial charge in [-0.2, -0.15) is 0 Å². The fourth-order valence-electron chi connectivity index (χ4n) is 1.93. The number of rotatable bonds is 7. The standard InChI is InChI=1S/C17H22ClNOS/c1-4-14-6-7-15(21-14)11-20-17-8-5-13(9-16(17)18)10-19-12(2)3/h5-9,12,19H,4,10-11H2,1-3H3. The Morgan fingerprint density at radius 1 is 1.19 bits per heavy atom. The van der Waals surface area contributed by atoms with Crippen LogP contribution in [0, 0.1) is 0 Å². The third-order valence-electron chi connectivity index (χ3n) is 3.15. The van der Waals surface area contributed by atoms with Gasteiger partial charge in [0.25, 0.3) is 0 Å². The Hall–Kier alpha value is -1.03. The zero-order chi connectivity index (χ0) is 15.2. The molecule has 0 aliphatic carbocycles. The van der Waals surface area contributed by atoms with Gasteiger partial charge in [-0.15, -0.1) is 11.3 Å². The molecule has 4 heteroatoms. The van der Waals surface area contributed by atoms with E-state index in [1.54, 1.807) is 11.3 Å². The molecule has 0 atom stereocenters. The fraction of sp³-hybridized carbons (Fsp3) is 0.412. The van der Waals surface area contributed by atoms with Crippen LogP contribution in [-0.4, -0.2) is 6.04 Å². The SMILES string of the molecule is CCc1ccc(COc2ccc(CNC(C)C)cc2Cl)s1. The molecule has 0 radical (unpaired) electrons. The average molecular weight is 324 g/mol. The summed E-state index contributed by atoms with van der Waals surface area (Å²) in [5, 5.41) is 4.05. The average Bonchev–Trinajstić information content (AvgIpc) is 2.92. The molecule has 0 amide bonds. The molecule has 0 spiro atoms. The lowest BCUT2D eigenvalue weighted by Gasteiger charge is -2.11. The molecule has 2 aromatic rings. The van der Waals surface area contributed by atoms with Crippen LogP contribution in [0.4, 0.5) is 0 Å². The molecule has 2 nitrogen and oxygen atoms in total. The number of thiophene rings is 1. The largest absolute Gasteiger partial charge is 0.487 e. The van der Waals surface area contributed by atoms with Gasteiger partial charge in [-0.1, -0.05) is 38.4 Å². The molecule has 2 rings (SSSR count). The van der Waals surface area contributed by atoms with Crippen molar-refractivity contribution in [2.45, 2.75) is 46.4 Å². The summed E-state index contributed by atoms with van der Waals surface area (Å²) in [7, 11) is 0. The molecule has 1 heterocycles. The van der Waals surface area contributed by atoms with Crippen molar-refractivity contribution in [3.05, 3.63) is 50.7 Å². The Bertz CT molecular complexity index is 580. The maximum atomic E-state index is 6.29. The van der Waals surface area contributed by atoms with E-state index >= 15 is 0 Å². The molecular formula is C17H22ClNOS. The van der Waals surface area contributed by atoms with Crippen molar-refractivity contribution >= 4 is 22.9 Å². The number of nitrogens with one attached hydrogen (secondary N) is 1. The lowest BCUT2D eigenvalue weighted by molar-refractivity contribution is 0.310. The van der Waals surface area contributed by atoms with E-state index in [-0.39, 0.29) is 0 Å². The highest BCUT2D eigenvalue weighted by Crippen LogP contribution is 2.27. The quantitative estimate of drug-likeness (QED) is 0.770. The zero-order valence-corrected chi connectivity index (χ0v) is 14.4. The third kappa shape index (κ3) is 5.03. The van der Waals surface area contributed by atoms with Gasteiger partial charge in [0.05, 0.1) is 5.02 Å². The number of hydrogen-bond donors (Lipinski definition) is 1. The smallest absolute Gasteiger partial charge is 0.138 e. The number of ether oxygens (including phenoxy) is 1. The fourth-order valence-corrected chi connectivity index (χ4v) is 3.06. The molecule has 1 N–H and O–H groups in total. The van der Waals surface area contributed by atoms with E-state index in [2.05, 4.69) is 44.3 Å². The number of aryl methyl sites for hydroxylation is 1. The van der Waals surface area contributed by atoms with E-state index in [1.807, 2.05) is 12.1 Å². The molecule has 0 fully saturated rings. The highest BCUT2D eigenvalue weighted by atomic mass is 35.5. The minimum absolute atomic E-state index is 0.464. The highest BCUT2D eigenvalue weighted by molar-refractivity contribution is 7.11. The number of benzene rings is 1. The Balaban J connectivity index is 1.94. The molecule has 1 aromatic carbocycles. The van der Waals surface area contributed by atoms with Gasteiger partial charge in [0.2, 0.25) is 0 Å². The van der Waals surface area contributed by atoms with Crippen LogP contribution in [0.5, 0.6) is 5.75 Å². The van der Waals surface area contributed by atoms with E-state index in [1.165, 1.54) is 15.3 Å². The Morgan fingerprint density at radius 3 is 2.57 bits per heavy atom. The molecule has 21 heavy (non-hydrogen) atoms. The molecule has 0 bridgehead atoms. The van der Waals surface area contributed by atoms with Crippen molar-refractivity contribution in [3.8, 4) is 5.75 Å². The summed E-state index contributed by atoms with van der Waals surface area (Å²) < 4.78 is 5.82. The summed E-state index contributed by atoms with van der Waals surface area (Å²) in [6.07, 6.45) is 1.07. The van der Waals surface area contributed by atoms with Crippen LogP contribution in [0.1, 0.15) is 36.1 Å². The summed E-state index contributed by atoms with van der Waals surface area (Å²) >= 11 is 8.09. The van der Waals surface area contributed by atoms with Crippen molar-refractivity contribution < 1.29 is 4.74 Å². The Kier molecular flexibility index (Phi) is 6.09. The third-order valence-corrected chi connectivity index (χ3v) is 4.64. The van der Waals surface area contributed by atoms with Crippen molar-refractivity contribution in [1.82, 2.24) is 5.32 Å². The van der Waals surface area contributed by atoms with Crippen LogP contribution in [0.15, 0.2) is 30.3 Å². The molecule has 0 aliphatic rings. The van der Waals surface area contributed by atoms with Gasteiger partial charge in [0.15, 0.2) is 0 Å². The van der Waals surface area contributed by atoms with Crippen LogP contribution in [0.3, 0.4) is 0 Å². The number of halogens is 1. The zero-order valence-electron chi connectivity index (χ0n) is 12.8. The minimum Gasteiger partial charge on any atom is -0.487 e. The van der Waals surface area contributed by atoms with Crippen molar-refractivity contribution in [2.75, 3.05) is 0 Å². The molecule has 0 unspecified atom stereocenters. The molecule has 0 aliphatic heterocycles. The second-order valence-electron chi connectivity index (χ2n) is 5.31. The van der Waals surface area contributed by atoms with Crippen LogP contribution >= 0.6 is 22.9 Å². The molecular weight excluding hydrogens is 302 g/mol. The van der Waals surface area contributed by atoms with Crippen molar-refractivity contribution in [3.63, 3.8) is 0 Å². The first-order valence-corrected chi connectivity index (χ1v) is 8.50. The predicted molar refractivity (Wildman–Crippen MR) is 91.5 cm³/mol. The van der Waals surface area contributed by atoms with Crippen LogP contribution in [0.2, 0.25) is 5.02 Å². The summed E-state index contributed by atoms with van der Waals surface area (Å²) in [5.74, 6) is 0.747. The van der Waals surface area contributed by atoms with Gasteiger partial charge < -0.3 is 10.1 Å². The van der Waals surface area contributed by atoms with E-state index in [0.717, 1.165) is 18.7 Å². The summed E-state index contributed by atoms with van der Waals surface area (Å²) in [6, 6.07) is 10.7. The van der Waals surface area contributed by atoms with Gasteiger partial charge in [-0.25, -0.2) is 0 Å². The molecule has 114 valence electrons. The summed E-state index contributed by atoms with van der Waals surface area (Å²) in [4.78, 5) is 2.61. The van der Waals surface area contributed by atoms with E-state index < -0.39 is 0 Å². The Labute approximate surface area is 136 Å². The predicted octanol–water partition coefficient (Wildman–Crippen LogP) is 5.04. The van der Waals surface area contributed by atoms with E-state index in [4.69, 9.17) is 16.3 Å². The first-order chi connectivity index (χ1) is 10.1. The highest BCUT2D eigenvalue weighted by Gasteiger charge is 2.05. The molecule has 1 aromatic heterocycles. The first kappa shape index (κ1) is 16.3. The van der Waals surface area contributed by atoms with Crippen LogP contribution in [-0.2, 0) is 19.6 Å². The van der Waals surface area contributed by atoms with Crippen LogP contribution in [0.25, 0.3) is 0 Å². The van der Waals surface area contributed by atoms with Crippen molar-refractivity contribution in [2.24, 2.45) is 0 Å². The Morgan fingerprint density at radius 2 is 1.95 bits per heavy atom. The maximum absolute atomic E-state index is 6.29. The lowest BCUT2D eigenvalue weighted by atomic mass is 10.2. The lowest BCUT2D eigenvalue weighted by Crippen LogP contribution is -2.21. The van der Waals surface area contributed by atoms with Gasteiger partial charge in [0.1, 0.15) is 12.4 Å². The number of hydrogen-bond acceptors (Lipinski definition) is 3.